The third-order valence-corrected chi connectivity index (χ3v) is 3.43. The third-order valence-electron chi connectivity index (χ3n) is 3.43. The zero-order valence-electron chi connectivity index (χ0n) is 11.6. The van der Waals surface area contributed by atoms with Crippen molar-refractivity contribution >= 4 is 6.03 Å². The molecule has 0 unspecified atom stereocenters. The standard InChI is InChI=1S/C13H20N4O2/c1-9-7-15-11(10(2)12(9)19-3)8-16-5-4-6-17(14)13(16)18/h7H,4-6,8,14H2,1-3H3. The number of aryl methyl sites for hydroxylation is 1. The molecular weight excluding hydrogens is 244 g/mol. The average molecular weight is 264 g/mol. The highest BCUT2D eigenvalue weighted by molar-refractivity contribution is 5.74. The second-order valence-electron chi connectivity index (χ2n) is 4.80. The molecule has 1 fully saturated rings. The number of carbonyl (C=O) groups excluding carboxylic acids is 1. The summed E-state index contributed by atoms with van der Waals surface area (Å²) in [6.07, 6.45) is 2.65. The second-order valence-corrected chi connectivity index (χ2v) is 4.80. The molecule has 6 nitrogen and oxygen atoms in total. The largest absolute Gasteiger partial charge is 0.496 e. The minimum Gasteiger partial charge on any atom is -0.496 e. The number of amides is 2. The molecule has 0 saturated carbocycles. The summed E-state index contributed by atoms with van der Waals surface area (Å²) in [5.74, 6) is 6.47. The lowest BCUT2D eigenvalue weighted by atomic mass is 10.1. The van der Waals surface area contributed by atoms with E-state index in [0.717, 1.165) is 29.0 Å². The van der Waals surface area contributed by atoms with Gasteiger partial charge < -0.3 is 9.64 Å². The zero-order valence-corrected chi connectivity index (χ0v) is 11.6. The fourth-order valence-electron chi connectivity index (χ4n) is 2.36. The summed E-state index contributed by atoms with van der Waals surface area (Å²) in [6, 6.07) is -0.146. The van der Waals surface area contributed by atoms with E-state index in [2.05, 4.69) is 4.98 Å². The topological polar surface area (TPSA) is 71.7 Å². The van der Waals surface area contributed by atoms with E-state index in [9.17, 15) is 4.79 Å². The van der Waals surface area contributed by atoms with Gasteiger partial charge in [-0.15, -0.1) is 0 Å². The molecule has 1 aromatic heterocycles. The number of hydrogen-bond donors (Lipinski definition) is 1. The molecule has 0 bridgehead atoms. The van der Waals surface area contributed by atoms with Crippen LogP contribution in [0.25, 0.3) is 0 Å². The van der Waals surface area contributed by atoms with Crippen molar-refractivity contribution < 1.29 is 9.53 Å². The minimum atomic E-state index is -0.146. The summed E-state index contributed by atoms with van der Waals surface area (Å²) >= 11 is 0. The minimum absolute atomic E-state index is 0.146. The first-order valence-corrected chi connectivity index (χ1v) is 6.34. The van der Waals surface area contributed by atoms with Crippen LogP contribution in [0.1, 0.15) is 23.2 Å². The summed E-state index contributed by atoms with van der Waals surface area (Å²) < 4.78 is 5.37. The van der Waals surface area contributed by atoms with Crippen molar-refractivity contribution in [3.8, 4) is 5.75 Å². The Hall–Kier alpha value is -1.82. The number of aromatic nitrogens is 1. The highest BCUT2D eigenvalue weighted by Crippen LogP contribution is 2.25. The Morgan fingerprint density at radius 2 is 2.16 bits per heavy atom. The Labute approximate surface area is 113 Å². The van der Waals surface area contributed by atoms with Gasteiger partial charge in [-0.05, 0) is 20.3 Å². The quantitative estimate of drug-likeness (QED) is 0.658. The first-order chi connectivity index (χ1) is 9.04. The molecule has 2 N–H and O–H groups in total. The molecule has 19 heavy (non-hydrogen) atoms. The lowest BCUT2D eigenvalue weighted by Gasteiger charge is -2.32. The van der Waals surface area contributed by atoms with E-state index in [-0.39, 0.29) is 6.03 Å². The zero-order chi connectivity index (χ0) is 14.0. The van der Waals surface area contributed by atoms with Crippen LogP contribution in [0.2, 0.25) is 0 Å². The van der Waals surface area contributed by atoms with Gasteiger partial charge in [0.05, 0.1) is 19.3 Å². The molecule has 0 atom stereocenters. The van der Waals surface area contributed by atoms with Crippen LogP contribution in [0, 0.1) is 13.8 Å². The molecule has 1 saturated heterocycles. The van der Waals surface area contributed by atoms with E-state index in [1.165, 1.54) is 5.01 Å². The smallest absolute Gasteiger partial charge is 0.334 e. The van der Waals surface area contributed by atoms with E-state index >= 15 is 0 Å². The monoisotopic (exact) mass is 264 g/mol. The number of nitrogens with two attached hydrogens (primary N) is 1. The van der Waals surface area contributed by atoms with Gasteiger partial charge >= 0.3 is 6.03 Å². The molecule has 1 aromatic rings. The molecule has 0 radical (unpaired) electrons. The maximum Gasteiger partial charge on any atom is 0.334 e. The molecule has 0 spiro atoms. The molecule has 1 aliphatic rings. The lowest BCUT2D eigenvalue weighted by molar-refractivity contribution is 0.126. The molecule has 104 valence electrons. The van der Waals surface area contributed by atoms with Crippen LogP contribution in [-0.2, 0) is 6.54 Å². The number of pyridine rings is 1. The van der Waals surface area contributed by atoms with Crippen LogP contribution in [0.5, 0.6) is 5.75 Å². The average Bonchev–Trinajstić information content (AvgIpc) is 2.39. The van der Waals surface area contributed by atoms with Gasteiger partial charge in [-0.3, -0.25) is 9.99 Å². The predicted molar refractivity (Wildman–Crippen MR) is 71.6 cm³/mol. The molecule has 6 heteroatoms. The van der Waals surface area contributed by atoms with Gasteiger partial charge in [0.1, 0.15) is 5.75 Å². The van der Waals surface area contributed by atoms with Gasteiger partial charge in [-0.25, -0.2) is 10.6 Å². The number of carbonyl (C=O) groups is 1. The predicted octanol–water partition coefficient (Wildman–Crippen LogP) is 1.21. The van der Waals surface area contributed by atoms with Crippen molar-refractivity contribution in [2.45, 2.75) is 26.8 Å². The second kappa shape index (κ2) is 5.44. The summed E-state index contributed by atoms with van der Waals surface area (Å²) in [7, 11) is 1.65. The van der Waals surface area contributed by atoms with Crippen LogP contribution in [0.15, 0.2) is 6.20 Å². The molecule has 2 heterocycles. The van der Waals surface area contributed by atoms with Crippen LogP contribution in [0.4, 0.5) is 4.79 Å². The third kappa shape index (κ3) is 2.63. The number of urea groups is 1. The van der Waals surface area contributed by atoms with Crippen LogP contribution >= 0.6 is 0 Å². The fourth-order valence-corrected chi connectivity index (χ4v) is 2.36. The number of hydrogen-bond acceptors (Lipinski definition) is 4. The number of rotatable bonds is 3. The van der Waals surface area contributed by atoms with E-state index in [1.54, 1.807) is 18.2 Å². The van der Waals surface area contributed by atoms with Gasteiger partial charge in [0, 0.05) is 30.4 Å². The van der Waals surface area contributed by atoms with Crippen molar-refractivity contribution in [1.29, 1.82) is 0 Å². The number of hydrazine groups is 1. The summed E-state index contributed by atoms with van der Waals surface area (Å²) in [4.78, 5) is 18.1. The maximum atomic E-state index is 11.9. The van der Waals surface area contributed by atoms with Crippen molar-refractivity contribution in [2.24, 2.45) is 5.84 Å². The number of ether oxygens (including phenoxy) is 1. The normalized spacial score (nSPS) is 15.9. The highest BCUT2D eigenvalue weighted by atomic mass is 16.5. The highest BCUT2D eigenvalue weighted by Gasteiger charge is 2.24. The summed E-state index contributed by atoms with van der Waals surface area (Å²) in [5.41, 5.74) is 2.82. The molecule has 2 amide bonds. The molecule has 0 aliphatic carbocycles. The van der Waals surface area contributed by atoms with Gasteiger partial charge in [-0.2, -0.15) is 0 Å². The maximum absolute atomic E-state index is 11.9. The van der Waals surface area contributed by atoms with Crippen LogP contribution in [0.3, 0.4) is 0 Å². The van der Waals surface area contributed by atoms with Crippen molar-refractivity contribution in [3.05, 3.63) is 23.0 Å². The molecular formula is C13H20N4O2. The summed E-state index contributed by atoms with van der Waals surface area (Å²) in [5, 5.41) is 1.25. The van der Waals surface area contributed by atoms with E-state index < -0.39 is 0 Å². The SMILES string of the molecule is COc1c(C)cnc(CN2CCCN(N)C2=O)c1C. The van der Waals surface area contributed by atoms with Crippen molar-refractivity contribution in [1.82, 2.24) is 14.9 Å². The number of methoxy groups -OCH3 is 1. The molecule has 0 aromatic carbocycles. The van der Waals surface area contributed by atoms with Crippen molar-refractivity contribution in [2.75, 3.05) is 20.2 Å². The fraction of sp³-hybridized carbons (Fsp3) is 0.538. The van der Waals surface area contributed by atoms with Crippen LogP contribution < -0.4 is 10.6 Å². The summed E-state index contributed by atoms with van der Waals surface area (Å²) in [6.45, 7) is 5.71. The Morgan fingerprint density at radius 1 is 1.42 bits per heavy atom. The Morgan fingerprint density at radius 3 is 2.84 bits per heavy atom. The van der Waals surface area contributed by atoms with Gasteiger partial charge in [0.15, 0.2) is 0 Å². The number of nitrogens with zero attached hydrogens (tertiary/aromatic N) is 3. The Balaban J connectivity index is 2.22. The van der Waals surface area contributed by atoms with Gasteiger partial charge in [0.2, 0.25) is 0 Å². The first-order valence-electron chi connectivity index (χ1n) is 6.34. The van der Waals surface area contributed by atoms with Gasteiger partial charge in [-0.1, -0.05) is 0 Å². The molecule has 1 aliphatic heterocycles. The molecule has 2 rings (SSSR count). The van der Waals surface area contributed by atoms with Crippen molar-refractivity contribution in [3.63, 3.8) is 0 Å². The van der Waals surface area contributed by atoms with Gasteiger partial charge in [0.25, 0.3) is 0 Å². The first kappa shape index (κ1) is 13.6. The van der Waals surface area contributed by atoms with E-state index in [0.29, 0.717) is 19.6 Å². The lowest BCUT2D eigenvalue weighted by Crippen LogP contribution is -2.52. The Bertz CT molecular complexity index is 490. The van der Waals surface area contributed by atoms with E-state index in [1.807, 2.05) is 13.8 Å². The Kier molecular flexibility index (Phi) is 3.90. The van der Waals surface area contributed by atoms with Crippen LogP contribution in [-0.4, -0.2) is 41.1 Å². The van der Waals surface area contributed by atoms with E-state index in [4.69, 9.17) is 10.6 Å².